The molecule has 8 heteroatoms. The molecule has 2 N–H and O–H groups in total. The van der Waals surface area contributed by atoms with Crippen LogP contribution in [0.4, 0.5) is 5.69 Å². The summed E-state index contributed by atoms with van der Waals surface area (Å²) in [7, 11) is 4.31. The lowest BCUT2D eigenvalue weighted by Gasteiger charge is -2.31. The maximum atomic E-state index is 13.7. The first kappa shape index (κ1) is 25.9. The van der Waals surface area contributed by atoms with Gasteiger partial charge in [-0.15, -0.1) is 20.6 Å². The van der Waals surface area contributed by atoms with Gasteiger partial charge in [0.05, 0.1) is 18.6 Å². The van der Waals surface area contributed by atoms with E-state index < -0.39 is 0 Å². The van der Waals surface area contributed by atoms with Crippen molar-refractivity contribution in [3.8, 4) is 16.3 Å². The zero-order valence-corrected chi connectivity index (χ0v) is 23.5. The third-order valence-electron chi connectivity index (χ3n) is 7.70. The van der Waals surface area contributed by atoms with E-state index in [9.17, 15) is 9.59 Å². The normalized spacial score (nSPS) is 22.2. The average molecular weight is 536 g/mol. The average Bonchev–Trinajstić information content (AvgIpc) is 3.61. The first-order chi connectivity index (χ1) is 17.9. The van der Waals surface area contributed by atoms with Gasteiger partial charge < -0.3 is 15.4 Å². The second-order valence-corrected chi connectivity index (χ2v) is 12.0. The van der Waals surface area contributed by atoms with Crippen LogP contribution >= 0.6 is 20.6 Å². The molecule has 37 heavy (non-hydrogen) atoms. The van der Waals surface area contributed by atoms with Crippen molar-refractivity contribution in [2.75, 3.05) is 12.4 Å². The smallest absolute Gasteiger partial charge is 0.255 e. The predicted octanol–water partition coefficient (Wildman–Crippen LogP) is 5.36. The highest BCUT2D eigenvalue weighted by Crippen LogP contribution is 2.49. The van der Waals surface area contributed by atoms with Gasteiger partial charge in [0.1, 0.15) is 10.8 Å². The van der Waals surface area contributed by atoms with Crippen LogP contribution in [0.3, 0.4) is 0 Å². The second kappa shape index (κ2) is 10.9. The number of nitrogens with one attached hydrogen (secondary N) is 2. The molecule has 0 spiro atoms. The van der Waals surface area contributed by atoms with Crippen LogP contribution < -0.4 is 20.7 Å². The van der Waals surface area contributed by atoms with E-state index in [0.717, 1.165) is 59.2 Å². The van der Waals surface area contributed by atoms with Crippen LogP contribution in [-0.2, 0) is 11.2 Å². The Labute approximate surface area is 224 Å². The number of aromatic nitrogens is 1. The van der Waals surface area contributed by atoms with Crippen LogP contribution in [0.5, 0.6) is 5.75 Å². The van der Waals surface area contributed by atoms with Crippen LogP contribution in [0, 0.1) is 24.7 Å². The fourth-order valence-corrected chi connectivity index (χ4v) is 7.50. The Morgan fingerprint density at radius 3 is 2.76 bits per heavy atom. The first-order valence-electron chi connectivity index (χ1n) is 13.0. The number of benzene rings is 2. The molecule has 2 saturated carbocycles. The highest BCUT2D eigenvalue weighted by Gasteiger charge is 2.51. The van der Waals surface area contributed by atoms with Gasteiger partial charge in [0.2, 0.25) is 5.91 Å². The van der Waals surface area contributed by atoms with E-state index in [1.54, 1.807) is 18.4 Å². The number of anilines is 1. The van der Waals surface area contributed by atoms with Gasteiger partial charge in [-0.1, -0.05) is 25.5 Å². The quantitative estimate of drug-likeness (QED) is 0.381. The van der Waals surface area contributed by atoms with Crippen LogP contribution in [0.1, 0.15) is 53.4 Å². The monoisotopic (exact) mass is 535 g/mol. The van der Waals surface area contributed by atoms with E-state index in [2.05, 4.69) is 31.8 Å². The molecule has 1 unspecified atom stereocenters. The van der Waals surface area contributed by atoms with E-state index in [-0.39, 0.29) is 23.8 Å². The summed E-state index contributed by atoms with van der Waals surface area (Å²) in [5.41, 5.74) is 3.27. The first-order valence-corrected chi connectivity index (χ1v) is 14.4. The molecule has 1 aromatic heterocycles. The molecule has 6 nitrogen and oxygen atoms in total. The van der Waals surface area contributed by atoms with E-state index >= 15 is 0 Å². The number of thiazole rings is 1. The van der Waals surface area contributed by atoms with Gasteiger partial charge in [0, 0.05) is 28.4 Å². The third kappa shape index (κ3) is 5.30. The lowest BCUT2D eigenvalue weighted by molar-refractivity contribution is -0.122. The van der Waals surface area contributed by atoms with E-state index in [4.69, 9.17) is 4.74 Å². The Hall–Kier alpha value is -2.76. The zero-order valence-electron chi connectivity index (χ0n) is 21.5. The minimum atomic E-state index is -0.245. The molecule has 194 valence electrons. The van der Waals surface area contributed by atoms with Gasteiger partial charge in [-0.25, -0.2) is 4.98 Å². The number of amides is 2. The van der Waals surface area contributed by atoms with Crippen molar-refractivity contribution < 1.29 is 14.3 Å². The SMILES string of the molecule is CCCc1cnc(-c2cc(C(=O)N[C@@H]3[C@H]4CC[C@H](C4)[C@@H]3C(=O)Nc3cccc(C)c3)c(OC)cc2P)s1. The van der Waals surface area contributed by atoms with E-state index in [0.29, 0.717) is 23.1 Å². The van der Waals surface area contributed by atoms with Crippen molar-refractivity contribution in [3.63, 3.8) is 0 Å². The summed E-state index contributed by atoms with van der Waals surface area (Å²) >= 11 is 1.66. The highest BCUT2D eigenvalue weighted by atomic mass is 32.1. The van der Waals surface area contributed by atoms with Gasteiger partial charge in [-0.3, -0.25) is 9.59 Å². The Bertz CT molecular complexity index is 1320. The largest absolute Gasteiger partial charge is 0.496 e. The molecule has 0 aliphatic heterocycles. The van der Waals surface area contributed by atoms with Gasteiger partial charge in [0.15, 0.2) is 0 Å². The van der Waals surface area contributed by atoms with Gasteiger partial charge in [0.25, 0.3) is 5.91 Å². The molecule has 2 aliphatic carbocycles. The molecule has 2 fully saturated rings. The molecule has 2 bridgehead atoms. The second-order valence-electron chi connectivity index (χ2n) is 10.2. The number of fused-ring (bicyclic) bond motifs is 2. The summed E-state index contributed by atoms with van der Waals surface area (Å²) in [6.07, 6.45) is 7.02. The Kier molecular flexibility index (Phi) is 7.64. The predicted molar refractivity (Wildman–Crippen MR) is 153 cm³/mol. The lowest BCUT2D eigenvalue weighted by atomic mass is 9.83. The molecule has 2 aromatic carbocycles. The van der Waals surface area contributed by atoms with Crippen LogP contribution in [0.2, 0.25) is 0 Å². The van der Waals surface area contributed by atoms with Crippen molar-refractivity contribution >= 4 is 43.4 Å². The number of methoxy groups -OCH3 is 1. The summed E-state index contributed by atoms with van der Waals surface area (Å²) in [5.74, 6) is 0.649. The fraction of sp³-hybridized carbons (Fsp3) is 0.414. The number of hydrogen-bond donors (Lipinski definition) is 2. The van der Waals surface area contributed by atoms with Crippen molar-refractivity contribution in [2.24, 2.45) is 17.8 Å². The fourth-order valence-electron chi connectivity index (χ4n) is 5.97. The summed E-state index contributed by atoms with van der Waals surface area (Å²) < 4.78 is 5.60. The molecule has 0 radical (unpaired) electrons. The maximum Gasteiger partial charge on any atom is 0.255 e. The third-order valence-corrected chi connectivity index (χ3v) is 9.27. The Morgan fingerprint density at radius 1 is 1.19 bits per heavy atom. The van der Waals surface area contributed by atoms with Gasteiger partial charge in [-0.2, -0.15) is 0 Å². The molecule has 2 amide bonds. The molecular formula is C29H34N3O3PS. The number of carbonyl (C=O) groups excluding carboxylic acids is 2. The number of aryl methyl sites for hydroxylation is 2. The minimum Gasteiger partial charge on any atom is -0.496 e. The zero-order chi connectivity index (χ0) is 26.1. The summed E-state index contributed by atoms with van der Waals surface area (Å²) in [6.45, 7) is 4.16. The number of rotatable bonds is 8. The Balaban J connectivity index is 1.39. The van der Waals surface area contributed by atoms with Crippen molar-refractivity contribution in [2.45, 2.75) is 52.0 Å². The molecule has 3 aromatic rings. The lowest BCUT2D eigenvalue weighted by Crippen LogP contribution is -2.48. The molecule has 5 atom stereocenters. The Morgan fingerprint density at radius 2 is 2.00 bits per heavy atom. The summed E-state index contributed by atoms with van der Waals surface area (Å²) in [6, 6.07) is 11.4. The molecule has 2 aliphatic rings. The van der Waals surface area contributed by atoms with Crippen molar-refractivity contribution in [1.82, 2.24) is 10.3 Å². The van der Waals surface area contributed by atoms with Crippen molar-refractivity contribution in [1.29, 1.82) is 0 Å². The molecule has 1 heterocycles. The molecule has 5 rings (SSSR count). The van der Waals surface area contributed by atoms with Crippen LogP contribution in [0.25, 0.3) is 10.6 Å². The molecule has 0 saturated heterocycles. The molecular weight excluding hydrogens is 501 g/mol. The number of carbonyl (C=O) groups is 2. The summed E-state index contributed by atoms with van der Waals surface area (Å²) in [4.78, 5) is 32.9. The van der Waals surface area contributed by atoms with Crippen LogP contribution in [0.15, 0.2) is 42.6 Å². The minimum absolute atomic E-state index is 0.0118. The van der Waals surface area contributed by atoms with Gasteiger partial charge >= 0.3 is 0 Å². The number of hydrogen-bond acceptors (Lipinski definition) is 5. The van der Waals surface area contributed by atoms with E-state index in [1.165, 1.54) is 4.88 Å². The number of ether oxygens (including phenoxy) is 1. The highest BCUT2D eigenvalue weighted by molar-refractivity contribution is 7.28. The number of nitrogens with zero attached hydrogens (tertiary/aromatic N) is 1. The van der Waals surface area contributed by atoms with E-state index in [1.807, 2.05) is 49.5 Å². The van der Waals surface area contributed by atoms with Gasteiger partial charge in [-0.05, 0) is 79.6 Å². The topological polar surface area (TPSA) is 80.3 Å². The summed E-state index contributed by atoms with van der Waals surface area (Å²) in [5, 5.41) is 8.17. The standard InChI is InChI=1S/C29H34N3O3PS/c1-4-6-20-15-30-29(37-20)22-13-21(23(35-3)14-24(22)36)27(33)32-26-18-10-9-17(12-18)25(26)28(34)31-19-8-5-7-16(2)11-19/h5,7-8,11,13-15,17-18,25-26H,4,6,9-10,12,36H2,1-3H3,(H,31,34)(H,32,33)/t17-,18+,25+,26-/m1/s1. The van der Waals surface area contributed by atoms with Crippen molar-refractivity contribution in [3.05, 3.63) is 58.6 Å². The maximum absolute atomic E-state index is 13.7. The van der Waals surface area contributed by atoms with Crippen LogP contribution in [-0.4, -0.2) is 29.9 Å².